The second-order valence-electron chi connectivity index (χ2n) is 10.7. The summed E-state index contributed by atoms with van der Waals surface area (Å²) in [7, 11) is 0. The lowest BCUT2D eigenvalue weighted by atomic mass is 9.93. The molecule has 0 aliphatic rings. The zero-order chi connectivity index (χ0) is 28.8. The van der Waals surface area contributed by atoms with E-state index in [1.54, 1.807) is 0 Å². The number of halogens is 1. The SMILES string of the molecule is Clc1c(N(c2ccccc2)c2ccccc2)cccc1N(c1ccccc1)c1ccc2ccc3cccc4ccc1c2c34. The lowest BCUT2D eigenvalue weighted by Gasteiger charge is -2.31. The molecule has 0 N–H and O–H groups in total. The molecule has 0 bridgehead atoms. The van der Waals surface area contributed by atoms with Gasteiger partial charge < -0.3 is 9.80 Å². The number of rotatable bonds is 6. The second kappa shape index (κ2) is 10.5. The van der Waals surface area contributed by atoms with Crippen molar-refractivity contribution >= 4 is 78.0 Å². The number of hydrogen-bond donors (Lipinski definition) is 0. The first-order valence-electron chi connectivity index (χ1n) is 14.5. The number of nitrogens with zero attached hydrogens (tertiary/aromatic N) is 2. The van der Waals surface area contributed by atoms with Crippen LogP contribution in [0.3, 0.4) is 0 Å². The molecule has 204 valence electrons. The van der Waals surface area contributed by atoms with Crippen LogP contribution in [0.15, 0.2) is 164 Å². The third kappa shape index (κ3) is 4.27. The molecule has 0 amide bonds. The van der Waals surface area contributed by atoms with Crippen LogP contribution in [0, 0.1) is 0 Å². The Bertz CT molecular complexity index is 2140. The Balaban J connectivity index is 1.39. The van der Waals surface area contributed by atoms with Gasteiger partial charge in [0.05, 0.1) is 22.1 Å². The summed E-state index contributed by atoms with van der Waals surface area (Å²) in [5.74, 6) is 0. The van der Waals surface area contributed by atoms with Crippen molar-refractivity contribution in [2.45, 2.75) is 0 Å². The standard InChI is InChI=1S/C40H27ClN2/c41-40-36(42(31-14-4-1-5-15-31)32-16-6-2-7-17-32)20-11-21-37(40)43(33-18-8-3-9-19-33)35-27-25-30-23-22-28-12-10-13-29-24-26-34(35)39(30)38(28)29/h1-27H. The van der Waals surface area contributed by atoms with Gasteiger partial charge in [-0.05, 0) is 81.5 Å². The molecule has 0 spiro atoms. The highest BCUT2D eigenvalue weighted by atomic mass is 35.5. The van der Waals surface area contributed by atoms with Crippen LogP contribution in [-0.4, -0.2) is 0 Å². The van der Waals surface area contributed by atoms with E-state index in [9.17, 15) is 0 Å². The first-order chi connectivity index (χ1) is 21.3. The van der Waals surface area contributed by atoms with Crippen molar-refractivity contribution in [3.05, 3.63) is 169 Å². The lowest BCUT2D eigenvalue weighted by molar-refractivity contribution is 1.25. The van der Waals surface area contributed by atoms with Crippen LogP contribution >= 0.6 is 11.6 Å². The highest BCUT2D eigenvalue weighted by Crippen LogP contribution is 2.49. The normalized spacial score (nSPS) is 11.4. The molecule has 43 heavy (non-hydrogen) atoms. The second-order valence-corrected chi connectivity index (χ2v) is 11.1. The van der Waals surface area contributed by atoms with Crippen LogP contribution in [0.2, 0.25) is 5.02 Å². The first-order valence-corrected chi connectivity index (χ1v) is 14.9. The summed E-state index contributed by atoms with van der Waals surface area (Å²) in [5, 5.41) is 8.17. The van der Waals surface area contributed by atoms with E-state index in [1.807, 2.05) is 12.1 Å². The molecule has 2 nitrogen and oxygen atoms in total. The van der Waals surface area contributed by atoms with E-state index in [1.165, 1.54) is 32.3 Å². The zero-order valence-electron chi connectivity index (χ0n) is 23.4. The minimum atomic E-state index is 0.671. The maximum Gasteiger partial charge on any atom is 0.0887 e. The van der Waals surface area contributed by atoms with Crippen LogP contribution in [0.1, 0.15) is 0 Å². The predicted octanol–water partition coefficient (Wildman–Crippen LogP) is 12.2. The van der Waals surface area contributed by atoms with Gasteiger partial charge in [0.1, 0.15) is 0 Å². The Labute approximate surface area is 256 Å². The quantitative estimate of drug-likeness (QED) is 0.183. The van der Waals surface area contributed by atoms with Crippen molar-refractivity contribution in [1.29, 1.82) is 0 Å². The Morgan fingerprint density at radius 2 is 0.767 bits per heavy atom. The van der Waals surface area contributed by atoms with Crippen molar-refractivity contribution in [2.24, 2.45) is 0 Å². The van der Waals surface area contributed by atoms with Gasteiger partial charge in [0.2, 0.25) is 0 Å². The van der Waals surface area contributed by atoms with E-state index in [-0.39, 0.29) is 0 Å². The summed E-state index contributed by atoms with van der Waals surface area (Å²) in [5.41, 5.74) is 6.04. The van der Waals surface area contributed by atoms with E-state index < -0.39 is 0 Å². The lowest BCUT2D eigenvalue weighted by Crippen LogP contribution is -2.14. The third-order valence-electron chi connectivity index (χ3n) is 8.23. The minimum absolute atomic E-state index is 0.671. The predicted molar refractivity (Wildman–Crippen MR) is 185 cm³/mol. The van der Waals surface area contributed by atoms with Gasteiger partial charge in [-0.2, -0.15) is 0 Å². The molecule has 0 aliphatic heterocycles. The largest absolute Gasteiger partial charge is 0.309 e. The maximum atomic E-state index is 7.52. The van der Waals surface area contributed by atoms with Crippen molar-refractivity contribution in [3.63, 3.8) is 0 Å². The number of para-hydroxylation sites is 3. The molecule has 0 aliphatic carbocycles. The molecule has 0 saturated carbocycles. The fraction of sp³-hybridized carbons (Fsp3) is 0. The van der Waals surface area contributed by atoms with Gasteiger partial charge in [0.15, 0.2) is 0 Å². The maximum absolute atomic E-state index is 7.52. The molecule has 0 radical (unpaired) electrons. The summed E-state index contributed by atoms with van der Waals surface area (Å²) in [4.78, 5) is 4.52. The van der Waals surface area contributed by atoms with Gasteiger partial charge in [-0.3, -0.25) is 0 Å². The highest BCUT2D eigenvalue weighted by molar-refractivity contribution is 6.37. The van der Waals surface area contributed by atoms with Crippen molar-refractivity contribution in [2.75, 3.05) is 9.80 Å². The molecule has 0 saturated heterocycles. The smallest absolute Gasteiger partial charge is 0.0887 e. The van der Waals surface area contributed by atoms with Crippen LogP contribution < -0.4 is 9.80 Å². The molecule has 8 aromatic carbocycles. The van der Waals surface area contributed by atoms with Crippen molar-refractivity contribution in [1.82, 2.24) is 0 Å². The topological polar surface area (TPSA) is 6.48 Å². The molecule has 0 aromatic heterocycles. The first kappa shape index (κ1) is 25.4. The van der Waals surface area contributed by atoms with Gasteiger partial charge >= 0.3 is 0 Å². The van der Waals surface area contributed by atoms with Gasteiger partial charge in [0, 0.05) is 22.4 Å². The number of benzene rings is 8. The molecule has 0 atom stereocenters. The average Bonchev–Trinajstić information content (AvgIpc) is 3.07. The summed E-state index contributed by atoms with van der Waals surface area (Å²) in [6.45, 7) is 0. The molecule has 8 rings (SSSR count). The van der Waals surface area contributed by atoms with Crippen molar-refractivity contribution < 1.29 is 0 Å². The van der Waals surface area contributed by atoms with E-state index >= 15 is 0 Å². The van der Waals surface area contributed by atoms with Crippen LogP contribution in [0.5, 0.6) is 0 Å². The van der Waals surface area contributed by atoms with Crippen LogP contribution in [0.25, 0.3) is 32.3 Å². The monoisotopic (exact) mass is 570 g/mol. The Hall–Kier alpha value is -5.31. The Kier molecular flexibility index (Phi) is 6.21. The van der Waals surface area contributed by atoms with E-state index in [4.69, 9.17) is 11.6 Å². The summed E-state index contributed by atoms with van der Waals surface area (Å²) in [6, 6.07) is 57.5. The van der Waals surface area contributed by atoms with E-state index in [2.05, 4.69) is 161 Å². The van der Waals surface area contributed by atoms with E-state index in [0.29, 0.717) is 5.02 Å². The van der Waals surface area contributed by atoms with Gasteiger partial charge in [-0.25, -0.2) is 0 Å². The molecule has 3 heteroatoms. The van der Waals surface area contributed by atoms with Gasteiger partial charge in [0.25, 0.3) is 0 Å². The zero-order valence-corrected chi connectivity index (χ0v) is 24.1. The van der Waals surface area contributed by atoms with Crippen LogP contribution in [-0.2, 0) is 0 Å². The molecule has 0 heterocycles. The highest BCUT2D eigenvalue weighted by Gasteiger charge is 2.23. The minimum Gasteiger partial charge on any atom is -0.309 e. The Morgan fingerprint density at radius 3 is 1.35 bits per heavy atom. The summed E-state index contributed by atoms with van der Waals surface area (Å²) < 4.78 is 0. The van der Waals surface area contributed by atoms with Gasteiger partial charge in [-0.1, -0.05) is 121 Å². The number of anilines is 6. The summed E-state index contributed by atoms with van der Waals surface area (Å²) >= 11 is 7.52. The fourth-order valence-electron chi connectivity index (χ4n) is 6.33. The summed E-state index contributed by atoms with van der Waals surface area (Å²) in [6.07, 6.45) is 0. The Morgan fingerprint density at radius 1 is 0.326 bits per heavy atom. The third-order valence-corrected chi connectivity index (χ3v) is 8.62. The molecular formula is C40H27ClN2. The van der Waals surface area contributed by atoms with Crippen molar-refractivity contribution in [3.8, 4) is 0 Å². The average molecular weight is 571 g/mol. The van der Waals surface area contributed by atoms with Gasteiger partial charge in [-0.15, -0.1) is 0 Å². The number of hydrogen-bond acceptors (Lipinski definition) is 2. The molecule has 8 aromatic rings. The molecule has 0 fully saturated rings. The fourth-order valence-corrected chi connectivity index (χ4v) is 6.63. The van der Waals surface area contributed by atoms with Crippen LogP contribution in [0.4, 0.5) is 34.1 Å². The molecular weight excluding hydrogens is 544 g/mol. The van der Waals surface area contributed by atoms with E-state index in [0.717, 1.165) is 34.1 Å². The molecule has 0 unspecified atom stereocenters.